The van der Waals surface area contributed by atoms with Gasteiger partial charge in [0.15, 0.2) is 0 Å². The molecule has 0 radical (unpaired) electrons. The Morgan fingerprint density at radius 2 is 1.94 bits per heavy atom. The van der Waals surface area contributed by atoms with Crippen LogP contribution in [0.15, 0.2) is 0 Å². The molecule has 2 unspecified atom stereocenters. The fraction of sp³-hybridized carbons (Fsp3) is 0.929. The normalized spacial score (nSPS) is 37.2. The van der Waals surface area contributed by atoms with Gasteiger partial charge in [0.05, 0.1) is 6.04 Å². The topological polar surface area (TPSA) is 44.4 Å². The molecule has 3 rings (SSSR count). The summed E-state index contributed by atoms with van der Waals surface area (Å²) in [6.07, 6.45) is 8.48. The minimum absolute atomic E-state index is 0.0661. The average Bonchev–Trinajstić information content (AvgIpc) is 2.83. The van der Waals surface area contributed by atoms with Gasteiger partial charge in [-0.2, -0.15) is 0 Å². The highest BCUT2D eigenvalue weighted by Crippen LogP contribution is 2.27. The lowest BCUT2D eigenvalue weighted by Crippen LogP contribution is -2.53. The average molecular weight is 251 g/mol. The minimum Gasteiger partial charge on any atom is -0.350 e. The summed E-state index contributed by atoms with van der Waals surface area (Å²) >= 11 is 0. The van der Waals surface area contributed by atoms with Gasteiger partial charge in [-0.25, -0.2) is 0 Å². The first-order chi connectivity index (χ1) is 8.84. The Labute approximate surface area is 109 Å². The molecule has 18 heavy (non-hydrogen) atoms. The lowest BCUT2D eigenvalue weighted by atomic mass is 9.98. The van der Waals surface area contributed by atoms with Crippen LogP contribution in [0.4, 0.5) is 0 Å². The van der Waals surface area contributed by atoms with Crippen molar-refractivity contribution in [3.63, 3.8) is 0 Å². The Bertz CT molecular complexity index is 301. The van der Waals surface area contributed by atoms with Gasteiger partial charge in [0.2, 0.25) is 5.91 Å². The van der Waals surface area contributed by atoms with E-state index in [1.807, 2.05) is 0 Å². The zero-order chi connectivity index (χ0) is 12.4. The molecule has 3 heterocycles. The number of hydrogen-bond acceptors (Lipinski definition) is 3. The van der Waals surface area contributed by atoms with Gasteiger partial charge >= 0.3 is 0 Å². The van der Waals surface area contributed by atoms with Crippen LogP contribution in [0.3, 0.4) is 0 Å². The molecule has 3 atom stereocenters. The molecule has 2 N–H and O–H groups in total. The van der Waals surface area contributed by atoms with Gasteiger partial charge in [-0.05, 0) is 45.2 Å². The Balaban J connectivity index is 1.54. The summed E-state index contributed by atoms with van der Waals surface area (Å²) in [5.74, 6) is 0.243. The first-order valence-electron chi connectivity index (χ1n) is 7.62. The van der Waals surface area contributed by atoms with E-state index in [-0.39, 0.29) is 11.9 Å². The predicted octanol–water partition coefficient (Wildman–Crippen LogP) is 0.871. The van der Waals surface area contributed by atoms with E-state index >= 15 is 0 Å². The van der Waals surface area contributed by atoms with Crippen molar-refractivity contribution in [2.24, 2.45) is 0 Å². The monoisotopic (exact) mass is 251 g/mol. The molecule has 0 spiro atoms. The van der Waals surface area contributed by atoms with Crippen LogP contribution < -0.4 is 10.6 Å². The summed E-state index contributed by atoms with van der Waals surface area (Å²) in [6, 6.07) is 1.09. The van der Waals surface area contributed by atoms with Crippen LogP contribution in [0.1, 0.15) is 44.9 Å². The summed E-state index contributed by atoms with van der Waals surface area (Å²) in [5.41, 5.74) is 0. The van der Waals surface area contributed by atoms with Crippen LogP contribution in [-0.4, -0.2) is 48.6 Å². The number of carbonyl (C=O) groups excluding carboxylic acids is 1. The van der Waals surface area contributed by atoms with Crippen LogP contribution >= 0.6 is 0 Å². The molecule has 0 saturated carbocycles. The smallest absolute Gasteiger partial charge is 0.237 e. The van der Waals surface area contributed by atoms with Crippen LogP contribution in [0.25, 0.3) is 0 Å². The van der Waals surface area contributed by atoms with E-state index in [4.69, 9.17) is 0 Å². The van der Waals surface area contributed by atoms with Crippen molar-refractivity contribution in [3.05, 3.63) is 0 Å². The largest absolute Gasteiger partial charge is 0.350 e. The Morgan fingerprint density at radius 3 is 2.78 bits per heavy atom. The number of carbonyl (C=O) groups is 1. The third-order valence-electron chi connectivity index (χ3n) is 4.81. The third-order valence-corrected chi connectivity index (χ3v) is 4.81. The molecule has 4 nitrogen and oxygen atoms in total. The molecule has 0 aliphatic carbocycles. The number of nitrogens with one attached hydrogen (secondary N) is 2. The first-order valence-corrected chi connectivity index (χ1v) is 7.62. The van der Waals surface area contributed by atoms with E-state index < -0.39 is 0 Å². The molecule has 0 aromatic rings. The molecule has 0 bridgehead atoms. The summed E-state index contributed by atoms with van der Waals surface area (Å²) in [4.78, 5) is 14.8. The molecule has 0 aromatic carbocycles. The number of rotatable bonds is 2. The van der Waals surface area contributed by atoms with Gasteiger partial charge in [0, 0.05) is 18.6 Å². The third kappa shape index (κ3) is 2.54. The molecular weight excluding hydrogens is 226 g/mol. The highest BCUT2D eigenvalue weighted by Gasteiger charge is 2.37. The van der Waals surface area contributed by atoms with Crippen LogP contribution in [0.5, 0.6) is 0 Å². The minimum atomic E-state index is 0.0661. The Hall–Kier alpha value is -0.610. The highest BCUT2D eigenvalue weighted by molar-refractivity contribution is 5.82. The maximum atomic E-state index is 12.2. The number of hydrogen-bond donors (Lipinski definition) is 2. The molecule has 102 valence electrons. The quantitative estimate of drug-likeness (QED) is 0.765. The number of fused-ring (bicyclic) bond motifs is 1. The molecular formula is C14H25N3O. The fourth-order valence-electron chi connectivity index (χ4n) is 3.77. The lowest BCUT2D eigenvalue weighted by molar-refractivity contribution is -0.124. The van der Waals surface area contributed by atoms with E-state index in [2.05, 4.69) is 15.5 Å². The zero-order valence-corrected chi connectivity index (χ0v) is 11.2. The van der Waals surface area contributed by atoms with Crippen molar-refractivity contribution in [1.82, 2.24) is 15.5 Å². The first kappa shape index (κ1) is 12.4. The standard InChI is InChI=1S/C14H25N3O/c18-14(12-5-1-3-8-15-12)16-11-7-10-17-9-4-2-6-13(11)17/h11-13,15H,1-10H2,(H,16,18)/t11?,12-,13?/m1/s1. The van der Waals surface area contributed by atoms with Gasteiger partial charge < -0.3 is 10.6 Å². The molecule has 4 heteroatoms. The van der Waals surface area contributed by atoms with E-state index in [0.29, 0.717) is 12.1 Å². The summed E-state index contributed by atoms with van der Waals surface area (Å²) in [6.45, 7) is 3.41. The summed E-state index contributed by atoms with van der Waals surface area (Å²) < 4.78 is 0. The van der Waals surface area contributed by atoms with Gasteiger partial charge in [-0.3, -0.25) is 9.69 Å². The van der Waals surface area contributed by atoms with Crippen molar-refractivity contribution in [1.29, 1.82) is 0 Å². The molecule has 3 aliphatic rings. The fourth-order valence-corrected chi connectivity index (χ4v) is 3.77. The second-order valence-corrected chi connectivity index (χ2v) is 6.01. The van der Waals surface area contributed by atoms with Gasteiger partial charge in [0.25, 0.3) is 0 Å². The van der Waals surface area contributed by atoms with Crippen molar-refractivity contribution in [2.45, 2.75) is 63.1 Å². The van der Waals surface area contributed by atoms with Crippen molar-refractivity contribution < 1.29 is 4.79 Å². The molecule has 3 fully saturated rings. The predicted molar refractivity (Wildman–Crippen MR) is 71.4 cm³/mol. The van der Waals surface area contributed by atoms with Crippen molar-refractivity contribution in [3.8, 4) is 0 Å². The van der Waals surface area contributed by atoms with Crippen LogP contribution in [-0.2, 0) is 4.79 Å². The van der Waals surface area contributed by atoms with E-state index in [1.165, 1.54) is 45.2 Å². The Morgan fingerprint density at radius 1 is 1.06 bits per heavy atom. The van der Waals surface area contributed by atoms with E-state index in [0.717, 1.165) is 19.4 Å². The molecule has 3 saturated heterocycles. The maximum absolute atomic E-state index is 12.2. The van der Waals surface area contributed by atoms with Gasteiger partial charge in [-0.15, -0.1) is 0 Å². The van der Waals surface area contributed by atoms with Crippen molar-refractivity contribution in [2.75, 3.05) is 19.6 Å². The SMILES string of the molecule is O=C(NC1CCN2CCCCC12)[C@H]1CCCCN1. The second-order valence-electron chi connectivity index (χ2n) is 6.01. The summed E-state index contributed by atoms with van der Waals surface area (Å²) in [5, 5.41) is 6.64. The van der Waals surface area contributed by atoms with Crippen molar-refractivity contribution >= 4 is 5.91 Å². The highest BCUT2D eigenvalue weighted by atomic mass is 16.2. The molecule has 0 aromatic heterocycles. The Kier molecular flexibility index (Phi) is 3.85. The number of piperidine rings is 2. The lowest BCUT2D eigenvalue weighted by Gasteiger charge is -2.33. The number of amides is 1. The van der Waals surface area contributed by atoms with Crippen LogP contribution in [0.2, 0.25) is 0 Å². The molecule has 3 aliphatic heterocycles. The second kappa shape index (κ2) is 5.57. The summed E-state index contributed by atoms with van der Waals surface area (Å²) in [7, 11) is 0. The molecule has 1 amide bonds. The zero-order valence-electron chi connectivity index (χ0n) is 11.2. The number of nitrogens with zero attached hydrogens (tertiary/aromatic N) is 1. The van der Waals surface area contributed by atoms with Crippen LogP contribution in [0, 0.1) is 0 Å². The van der Waals surface area contributed by atoms with E-state index in [9.17, 15) is 4.79 Å². The van der Waals surface area contributed by atoms with Gasteiger partial charge in [-0.1, -0.05) is 12.8 Å². The van der Waals surface area contributed by atoms with Gasteiger partial charge in [0.1, 0.15) is 0 Å². The van der Waals surface area contributed by atoms with E-state index in [1.54, 1.807) is 0 Å². The maximum Gasteiger partial charge on any atom is 0.237 e.